The molecule has 2 amide bonds. The molecule has 0 aliphatic carbocycles. The standard InChI is InChI=1S/C19H19BrN2O4S/c1-12(11-27(25,26)15-8-6-14(20)7-9-15)18(23)22-17-16-5-3-2-4-13(16)10-21-19(17)24/h2-9,12,17H,10-11H2,1H3,(H,21,24)(H,22,23). The van der Waals surface area contributed by atoms with Crippen LogP contribution in [0, 0.1) is 5.92 Å². The van der Waals surface area contributed by atoms with Crippen molar-refractivity contribution in [2.75, 3.05) is 5.75 Å². The molecule has 0 aromatic heterocycles. The summed E-state index contributed by atoms with van der Waals surface area (Å²) in [6, 6.07) is 12.8. The monoisotopic (exact) mass is 450 g/mol. The van der Waals surface area contributed by atoms with Crippen molar-refractivity contribution in [3.8, 4) is 0 Å². The third-order valence-corrected chi connectivity index (χ3v) is 6.92. The van der Waals surface area contributed by atoms with Crippen LogP contribution in [0.25, 0.3) is 0 Å². The van der Waals surface area contributed by atoms with Crippen LogP contribution in [-0.2, 0) is 26.0 Å². The molecule has 2 aromatic rings. The molecule has 2 aromatic carbocycles. The zero-order valence-electron chi connectivity index (χ0n) is 14.6. The van der Waals surface area contributed by atoms with Gasteiger partial charge in [0.1, 0.15) is 6.04 Å². The molecule has 1 aliphatic heterocycles. The van der Waals surface area contributed by atoms with Crippen LogP contribution >= 0.6 is 15.9 Å². The normalized spacial score (nSPS) is 17.6. The van der Waals surface area contributed by atoms with Crippen LogP contribution in [0.5, 0.6) is 0 Å². The maximum absolute atomic E-state index is 12.6. The van der Waals surface area contributed by atoms with Gasteiger partial charge in [0.25, 0.3) is 0 Å². The number of carbonyl (C=O) groups is 2. The number of sulfone groups is 1. The summed E-state index contributed by atoms with van der Waals surface area (Å²) in [5.41, 5.74) is 1.66. The van der Waals surface area contributed by atoms with Gasteiger partial charge >= 0.3 is 0 Å². The van der Waals surface area contributed by atoms with Crippen LogP contribution in [-0.4, -0.2) is 26.0 Å². The highest BCUT2D eigenvalue weighted by atomic mass is 79.9. The van der Waals surface area contributed by atoms with E-state index in [1.54, 1.807) is 31.2 Å². The van der Waals surface area contributed by atoms with Crippen molar-refractivity contribution in [1.29, 1.82) is 0 Å². The first-order chi connectivity index (χ1) is 12.8. The lowest BCUT2D eigenvalue weighted by atomic mass is 9.95. The van der Waals surface area contributed by atoms with Gasteiger partial charge in [-0.1, -0.05) is 47.1 Å². The van der Waals surface area contributed by atoms with Gasteiger partial charge in [-0.25, -0.2) is 8.42 Å². The molecule has 0 saturated heterocycles. The molecule has 6 nitrogen and oxygen atoms in total. The van der Waals surface area contributed by atoms with Crippen LogP contribution in [0.3, 0.4) is 0 Å². The molecule has 8 heteroatoms. The summed E-state index contributed by atoms with van der Waals surface area (Å²) in [5, 5.41) is 5.42. The summed E-state index contributed by atoms with van der Waals surface area (Å²) in [4.78, 5) is 24.9. The number of fused-ring (bicyclic) bond motifs is 1. The Bertz CT molecular complexity index is 973. The minimum absolute atomic E-state index is 0.158. The van der Waals surface area contributed by atoms with E-state index in [2.05, 4.69) is 26.6 Å². The fourth-order valence-electron chi connectivity index (χ4n) is 2.97. The van der Waals surface area contributed by atoms with Gasteiger partial charge < -0.3 is 10.6 Å². The average Bonchev–Trinajstić information content (AvgIpc) is 2.64. The van der Waals surface area contributed by atoms with E-state index in [9.17, 15) is 18.0 Å². The third-order valence-electron chi connectivity index (χ3n) is 4.46. The van der Waals surface area contributed by atoms with Gasteiger partial charge in [-0.15, -0.1) is 0 Å². The lowest BCUT2D eigenvalue weighted by Crippen LogP contribution is -2.46. The zero-order valence-corrected chi connectivity index (χ0v) is 17.0. The molecule has 2 N–H and O–H groups in total. The molecule has 0 radical (unpaired) electrons. The fraction of sp³-hybridized carbons (Fsp3) is 0.263. The number of hydrogen-bond donors (Lipinski definition) is 2. The van der Waals surface area contributed by atoms with Crippen LogP contribution in [0.1, 0.15) is 24.1 Å². The lowest BCUT2D eigenvalue weighted by Gasteiger charge is -2.27. The predicted octanol–water partition coefficient (Wildman–Crippen LogP) is 2.35. The summed E-state index contributed by atoms with van der Waals surface area (Å²) in [6.07, 6.45) is 0. The SMILES string of the molecule is CC(CS(=O)(=O)c1ccc(Br)cc1)C(=O)NC1C(=O)NCc2ccccc21. The van der Waals surface area contributed by atoms with Crippen molar-refractivity contribution in [3.05, 3.63) is 64.1 Å². The Morgan fingerprint density at radius 3 is 2.59 bits per heavy atom. The molecular formula is C19H19BrN2O4S. The molecule has 0 fully saturated rings. The number of halogens is 1. The second-order valence-electron chi connectivity index (χ2n) is 6.49. The van der Waals surface area contributed by atoms with Crippen LogP contribution in [0.4, 0.5) is 0 Å². The second-order valence-corrected chi connectivity index (χ2v) is 9.44. The minimum atomic E-state index is -3.62. The highest BCUT2D eigenvalue weighted by molar-refractivity contribution is 9.10. The highest BCUT2D eigenvalue weighted by Gasteiger charge is 2.31. The van der Waals surface area contributed by atoms with E-state index in [0.29, 0.717) is 6.54 Å². The zero-order chi connectivity index (χ0) is 19.6. The summed E-state index contributed by atoms with van der Waals surface area (Å²) in [6.45, 7) is 1.95. The second kappa shape index (κ2) is 7.82. The molecule has 0 saturated carbocycles. The van der Waals surface area contributed by atoms with Crippen LogP contribution in [0.15, 0.2) is 57.9 Å². The van der Waals surface area contributed by atoms with Gasteiger partial charge in [0.2, 0.25) is 11.8 Å². The van der Waals surface area contributed by atoms with Crippen molar-refractivity contribution in [2.45, 2.75) is 24.4 Å². The number of benzene rings is 2. The quantitative estimate of drug-likeness (QED) is 0.730. The van der Waals surface area contributed by atoms with E-state index >= 15 is 0 Å². The minimum Gasteiger partial charge on any atom is -0.350 e. The van der Waals surface area contributed by atoms with E-state index in [1.165, 1.54) is 12.1 Å². The predicted molar refractivity (Wildman–Crippen MR) is 105 cm³/mol. The molecule has 0 spiro atoms. The molecule has 0 bridgehead atoms. The molecule has 142 valence electrons. The Morgan fingerprint density at radius 1 is 1.22 bits per heavy atom. The fourth-order valence-corrected chi connectivity index (χ4v) is 4.79. The molecular weight excluding hydrogens is 432 g/mol. The smallest absolute Gasteiger partial charge is 0.247 e. The first-order valence-corrected chi connectivity index (χ1v) is 10.9. The summed E-state index contributed by atoms with van der Waals surface area (Å²) in [7, 11) is -3.62. The number of carbonyl (C=O) groups excluding carboxylic acids is 2. The molecule has 1 heterocycles. The summed E-state index contributed by atoms with van der Waals surface area (Å²) in [5.74, 6) is -1.92. The van der Waals surface area contributed by atoms with Crippen molar-refractivity contribution in [1.82, 2.24) is 10.6 Å². The largest absolute Gasteiger partial charge is 0.350 e. The van der Waals surface area contributed by atoms with Crippen molar-refractivity contribution < 1.29 is 18.0 Å². The maximum atomic E-state index is 12.6. The molecule has 3 rings (SSSR count). The average molecular weight is 451 g/mol. The lowest BCUT2D eigenvalue weighted by molar-refractivity contribution is -0.131. The van der Waals surface area contributed by atoms with Gasteiger partial charge in [-0.05, 0) is 35.4 Å². The maximum Gasteiger partial charge on any atom is 0.247 e. The van der Waals surface area contributed by atoms with Gasteiger partial charge in [0, 0.05) is 16.9 Å². The van der Waals surface area contributed by atoms with E-state index in [4.69, 9.17) is 0 Å². The number of hydrogen-bond acceptors (Lipinski definition) is 4. The third kappa shape index (κ3) is 4.39. The molecule has 27 heavy (non-hydrogen) atoms. The Hall–Kier alpha value is -2.19. The van der Waals surface area contributed by atoms with E-state index in [0.717, 1.165) is 15.6 Å². The van der Waals surface area contributed by atoms with Gasteiger partial charge in [0.05, 0.1) is 10.6 Å². The highest BCUT2D eigenvalue weighted by Crippen LogP contribution is 2.23. The Balaban J connectivity index is 1.73. The molecule has 2 atom stereocenters. The van der Waals surface area contributed by atoms with Crippen LogP contribution < -0.4 is 10.6 Å². The molecule has 1 aliphatic rings. The summed E-state index contributed by atoms with van der Waals surface area (Å²) < 4.78 is 25.8. The van der Waals surface area contributed by atoms with E-state index in [1.807, 2.05) is 12.1 Å². The Labute approximate surface area is 166 Å². The van der Waals surface area contributed by atoms with Crippen LogP contribution in [0.2, 0.25) is 0 Å². The van der Waals surface area contributed by atoms with Crippen molar-refractivity contribution in [2.24, 2.45) is 5.92 Å². The Kier molecular flexibility index (Phi) is 5.67. The van der Waals surface area contributed by atoms with Crippen molar-refractivity contribution in [3.63, 3.8) is 0 Å². The van der Waals surface area contributed by atoms with Crippen molar-refractivity contribution >= 4 is 37.6 Å². The summed E-state index contributed by atoms with van der Waals surface area (Å²) >= 11 is 3.26. The van der Waals surface area contributed by atoms with Gasteiger partial charge in [-0.3, -0.25) is 9.59 Å². The molecule has 2 unspecified atom stereocenters. The topological polar surface area (TPSA) is 92.3 Å². The van der Waals surface area contributed by atoms with E-state index < -0.39 is 27.7 Å². The first kappa shape index (κ1) is 19.6. The first-order valence-electron chi connectivity index (χ1n) is 8.42. The van der Waals surface area contributed by atoms with Gasteiger partial charge in [-0.2, -0.15) is 0 Å². The van der Waals surface area contributed by atoms with E-state index in [-0.39, 0.29) is 16.6 Å². The number of rotatable bonds is 5. The number of nitrogens with one attached hydrogen (secondary N) is 2. The Morgan fingerprint density at radius 2 is 1.89 bits per heavy atom. The number of amides is 2. The van der Waals surface area contributed by atoms with Gasteiger partial charge in [0.15, 0.2) is 9.84 Å².